The van der Waals surface area contributed by atoms with E-state index >= 15 is 0 Å². The molecular formula is C22H30N4O2. The maximum Gasteiger partial charge on any atom is 0.254 e. The summed E-state index contributed by atoms with van der Waals surface area (Å²) in [5.74, 6) is 1.17. The second kappa shape index (κ2) is 8.27. The molecule has 150 valence electrons. The Labute approximate surface area is 167 Å². The quantitative estimate of drug-likeness (QED) is 0.759. The van der Waals surface area contributed by atoms with Gasteiger partial charge in [-0.25, -0.2) is 9.97 Å². The summed E-state index contributed by atoms with van der Waals surface area (Å²) in [6.07, 6.45) is 4.00. The lowest BCUT2D eigenvalue weighted by Crippen LogP contribution is -2.38. The van der Waals surface area contributed by atoms with E-state index in [1.165, 1.54) is 18.4 Å². The summed E-state index contributed by atoms with van der Waals surface area (Å²) in [5, 5.41) is 10.2. The molecule has 0 unspecified atom stereocenters. The van der Waals surface area contributed by atoms with Crippen LogP contribution >= 0.6 is 0 Å². The van der Waals surface area contributed by atoms with Crippen LogP contribution in [0.5, 0.6) is 0 Å². The first-order valence-electron chi connectivity index (χ1n) is 9.96. The molecule has 6 heteroatoms. The fourth-order valence-corrected chi connectivity index (χ4v) is 3.26. The zero-order chi connectivity index (χ0) is 20.3. The number of aliphatic hydroxyl groups is 1. The Morgan fingerprint density at radius 3 is 2.57 bits per heavy atom. The van der Waals surface area contributed by atoms with Gasteiger partial charge >= 0.3 is 0 Å². The molecule has 0 atom stereocenters. The Morgan fingerprint density at radius 1 is 1.21 bits per heavy atom. The normalized spacial score (nSPS) is 14.0. The molecule has 1 saturated carbocycles. The van der Waals surface area contributed by atoms with Crippen LogP contribution in [0.15, 0.2) is 36.5 Å². The number of benzene rings is 1. The third-order valence-corrected chi connectivity index (χ3v) is 5.19. The van der Waals surface area contributed by atoms with Crippen LogP contribution in [0.2, 0.25) is 0 Å². The fraction of sp³-hybridized carbons (Fsp3) is 0.500. The molecule has 1 N–H and O–H groups in total. The zero-order valence-corrected chi connectivity index (χ0v) is 17.2. The maximum absolute atomic E-state index is 13.1. The van der Waals surface area contributed by atoms with E-state index in [0.29, 0.717) is 37.2 Å². The number of anilines is 1. The summed E-state index contributed by atoms with van der Waals surface area (Å²) in [7, 11) is 1.90. The summed E-state index contributed by atoms with van der Waals surface area (Å²) in [5.41, 5.74) is 1.57. The zero-order valence-electron chi connectivity index (χ0n) is 17.2. The lowest BCUT2D eigenvalue weighted by atomic mass is 10.0. The Kier molecular flexibility index (Phi) is 5.98. The Balaban J connectivity index is 1.68. The highest BCUT2D eigenvalue weighted by molar-refractivity contribution is 5.96. The fourth-order valence-electron chi connectivity index (χ4n) is 3.26. The van der Waals surface area contributed by atoms with Gasteiger partial charge in [-0.3, -0.25) is 4.79 Å². The van der Waals surface area contributed by atoms with Crippen molar-refractivity contribution in [2.24, 2.45) is 0 Å². The second-order valence-corrected chi connectivity index (χ2v) is 7.97. The number of amides is 1. The van der Waals surface area contributed by atoms with Gasteiger partial charge in [-0.15, -0.1) is 0 Å². The summed E-state index contributed by atoms with van der Waals surface area (Å²) >= 11 is 0. The average Bonchev–Trinajstić information content (AvgIpc) is 3.52. The number of carbonyl (C=O) groups excluding carboxylic acids is 1. The van der Waals surface area contributed by atoms with Crippen molar-refractivity contribution in [1.82, 2.24) is 14.9 Å². The standard InChI is InChI=1S/C22H30N4O2/c1-5-26(20(27)18-9-7-6-8-17(18)16-10-11-16)15-14-25(4)21-23-13-12-19(24-21)22(2,3)28/h6-9,12-13,16,28H,5,10-11,14-15H2,1-4H3. The van der Waals surface area contributed by atoms with Gasteiger partial charge in [0.15, 0.2) is 0 Å². The molecule has 1 aromatic carbocycles. The Bertz CT molecular complexity index is 827. The first kappa shape index (κ1) is 20.3. The predicted molar refractivity (Wildman–Crippen MR) is 111 cm³/mol. The van der Waals surface area contributed by atoms with Gasteiger partial charge in [0.2, 0.25) is 5.95 Å². The molecule has 28 heavy (non-hydrogen) atoms. The minimum absolute atomic E-state index is 0.0876. The van der Waals surface area contributed by atoms with Gasteiger partial charge in [0.1, 0.15) is 5.60 Å². The Morgan fingerprint density at radius 2 is 1.93 bits per heavy atom. The number of likely N-dealkylation sites (N-methyl/N-ethyl adjacent to an activating group) is 2. The maximum atomic E-state index is 13.1. The third kappa shape index (κ3) is 4.68. The van der Waals surface area contributed by atoms with Gasteiger partial charge in [0.25, 0.3) is 5.91 Å². The van der Waals surface area contributed by atoms with Crippen LogP contribution in [-0.4, -0.2) is 52.6 Å². The smallest absolute Gasteiger partial charge is 0.254 e. The number of aromatic nitrogens is 2. The highest BCUT2D eigenvalue weighted by Crippen LogP contribution is 2.41. The third-order valence-electron chi connectivity index (χ3n) is 5.19. The van der Waals surface area contributed by atoms with Gasteiger partial charge in [0.05, 0.1) is 5.69 Å². The van der Waals surface area contributed by atoms with Crippen molar-refractivity contribution in [3.8, 4) is 0 Å². The van der Waals surface area contributed by atoms with Crippen LogP contribution in [-0.2, 0) is 5.60 Å². The first-order chi connectivity index (χ1) is 13.3. The van der Waals surface area contributed by atoms with Crippen molar-refractivity contribution < 1.29 is 9.90 Å². The molecule has 1 aliphatic carbocycles. The minimum Gasteiger partial charge on any atom is -0.384 e. The molecule has 1 aromatic heterocycles. The number of nitrogens with zero attached hydrogens (tertiary/aromatic N) is 4. The first-order valence-corrected chi connectivity index (χ1v) is 9.96. The molecule has 0 saturated heterocycles. The van der Waals surface area contributed by atoms with Gasteiger partial charge in [-0.05, 0) is 57.2 Å². The summed E-state index contributed by atoms with van der Waals surface area (Å²) in [6.45, 7) is 7.25. The van der Waals surface area contributed by atoms with Crippen LogP contribution in [0.25, 0.3) is 0 Å². The molecule has 1 amide bonds. The van der Waals surface area contributed by atoms with Gasteiger partial charge < -0.3 is 14.9 Å². The van der Waals surface area contributed by atoms with E-state index in [1.807, 2.05) is 42.0 Å². The predicted octanol–water partition coefficient (Wildman–Crippen LogP) is 3.18. The number of carbonyl (C=O) groups is 1. The molecule has 0 bridgehead atoms. The molecule has 6 nitrogen and oxygen atoms in total. The average molecular weight is 383 g/mol. The number of rotatable bonds is 8. The van der Waals surface area contributed by atoms with E-state index in [0.717, 1.165) is 5.56 Å². The van der Waals surface area contributed by atoms with Crippen molar-refractivity contribution in [1.29, 1.82) is 0 Å². The SMILES string of the molecule is CCN(CCN(C)c1nccc(C(C)(C)O)n1)C(=O)c1ccccc1C1CC1. The van der Waals surface area contributed by atoms with Crippen molar-refractivity contribution in [3.05, 3.63) is 53.3 Å². The molecule has 0 aliphatic heterocycles. The molecule has 1 aliphatic rings. The molecular weight excluding hydrogens is 352 g/mol. The molecule has 0 radical (unpaired) electrons. The van der Waals surface area contributed by atoms with E-state index in [1.54, 1.807) is 26.1 Å². The lowest BCUT2D eigenvalue weighted by Gasteiger charge is -2.26. The number of hydrogen-bond donors (Lipinski definition) is 1. The highest BCUT2D eigenvalue weighted by Gasteiger charge is 2.29. The van der Waals surface area contributed by atoms with Gasteiger partial charge in [0, 0.05) is 38.4 Å². The van der Waals surface area contributed by atoms with Gasteiger partial charge in [-0.2, -0.15) is 0 Å². The van der Waals surface area contributed by atoms with Crippen molar-refractivity contribution in [2.45, 2.75) is 45.1 Å². The van der Waals surface area contributed by atoms with Crippen LogP contribution in [0, 0.1) is 0 Å². The largest absolute Gasteiger partial charge is 0.384 e. The van der Waals surface area contributed by atoms with E-state index in [-0.39, 0.29) is 5.91 Å². The van der Waals surface area contributed by atoms with Crippen LogP contribution in [0.1, 0.15) is 61.1 Å². The van der Waals surface area contributed by atoms with Crippen molar-refractivity contribution in [3.63, 3.8) is 0 Å². The molecule has 1 heterocycles. The van der Waals surface area contributed by atoms with E-state index < -0.39 is 5.60 Å². The summed E-state index contributed by atoms with van der Waals surface area (Å²) in [6, 6.07) is 9.70. The highest BCUT2D eigenvalue weighted by atomic mass is 16.3. The minimum atomic E-state index is -1.02. The second-order valence-electron chi connectivity index (χ2n) is 7.97. The van der Waals surface area contributed by atoms with Crippen molar-refractivity contribution in [2.75, 3.05) is 31.6 Å². The summed E-state index contributed by atoms with van der Waals surface area (Å²) in [4.78, 5) is 25.7. The van der Waals surface area contributed by atoms with Crippen LogP contribution in [0.3, 0.4) is 0 Å². The monoisotopic (exact) mass is 382 g/mol. The van der Waals surface area contributed by atoms with Crippen LogP contribution < -0.4 is 4.90 Å². The Hall–Kier alpha value is -2.47. The van der Waals surface area contributed by atoms with E-state index in [2.05, 4.69) is 16.0 Å². The number of hydrogen-bond acceptors (Lipinski definition) is 5. The lowest BCUT2D eigenvalue weighted by molar-refractivity contribution is 0.0738. The van der Waals surface area contributed by atoms with E-state index in [9.17, 15) is 9.90 Å². The van der Waals surface area contributed by atoms with E-state index in [4.69, 9.17) is 0 Å². The van der Waals surface area contributed by atoms with Crippen molar-refractivity contribution >= 4 is 11.9 Å². The molecule has 3 rings (SSSR count). The summed E-state index contributed by atoms with van der Waals surface area (Å²) < 4.78 is 0. The van der Waals surface area contributed by atoms with Crippen LogP contribution in [0.4, 0.5) is 5.95 Å². The topological polar surface area (TPSA) is 69.6 Å². The molecule has 1 fully saturated rings. The molecule has 0 spiro atoms. The van der Waals surface area contributed by atoms with Gasteiger partial charge in [-0.1, -0.05) is 18.2 Å². The molecule has 2 aromatic rings.